The fourth-order valence-electron chi connectivity index (χ4n) is 3.19. The number of amides is 1. The molecule has 22 heavy (non-hydrogen) atoms. The van der Waals surface area contributed by atoms with Gasteiger partial charge in [0.15, 0.2) is 0 Å². The van der Waals surface area contributed by atoms with Crippen LogP contribution in [0, 0.1) is 12.3 Å². The molecule has 1 saturated heterocycles. The van der Waals surface area contributed by atoms with Gasteiger partial charge in [0.2, 0.25) is 5.91 Å². The minimum Gasteiger partial charge on any atom is -0.337 e. The summed E-state index contributed by atoms with van der Waals surface area (Å²) in [4.78, 5) is 19.0. The van der Waals surface area contributed by atoms with Crippen molar-refractivity contribution in [3.8, 4) is 12.3 Å². The van der Waals surface area contributed by atoms with Gasteiger partial charge in [-0.25, -0.2) is 4.98 Å². The first kappa shape index (κ1) is 14.6. The van der Waals surface area contributed by atoms with Gasteiger partial charge in [0.05, 0.1) is 17.6 Å². The van der Waals surface area contributed by atoms with Crippen LogP contribution in [0.2, 0.25) is 0 Å². The van der Waals surface area contributed by atoms with E-state index in [2.05, 4.69) is 31.3 Å². The molecule has 2 aromatic rings. The predicted molar refractivity (Wildman–Crippen MR) is 87.4 cm³/mol. The lowest BCUT2D eigenvalue weighted by atomic mass is 10.1. The first-order chi connectivity index (χ1) is 10.4. The third-order valence-electron chi connectivity index (χ3n) is 4.23. The van der Waals surface area contributed by atoms with Gasteiger partial charge in [-0.1, -0.05) is 18.1 Å². The number of hydrogen-bond acceptors (Lipinski definition) is 2. The molecule has 1 amide bonds. The molecule has 1 aromatic heterocycles. The van der Waals surface area contributed by atoms with Crippen molar-refractivity contribution in [3.63, 3.8) is 0 Å². The molecule has 0 saturated carbocycles. The fourth-order valence-corrected chi connectivity index (χ4v) is 3.19. The van der Waals surface area contributed by atoms with E-state index in [1.54, 1.807) is 0 Å². The van der Waals surface area contributed by atoms with Crippen LogP contribution in [0.4, 0.5) is 0 Å². The lowest BCUT2D eigenvalue weighted by molar-refractivity contribution is -0.131. The summed E-state index contributed by atoms with van der Waals surface area (Å²) in [6.45, 7) is 7.39. The van der Waals surface area contributed by atoms with E-state index in [1.165, 1.54) is 0 Å². The third-order valence-corrected chi connectivity index (χ3v) is 4.23. The normalized spacial score (nSPS) is 18.9. The van der Waals surface area contributed by atoms with Gasteiger partial charge in [0, 0.05) is 24.4 Å². The minimum absolute atomic E-state index is 0.104. The molecule has 1 aromatic carbocycles. The van der Waals surface area contributed by atoms with Gasteiger partial charge in [-0.05, 0) is 32.9 Å². The smallest absolute Gasteiger partial charge is 0.223 e. The van der Waals surface area contributed by atoms with E-state index in [0.717, 1.165) is 16.9 Å². The zero-order valence-electron chi connectivity index (χ0n) is 13.3. The summed E-state index contributed by atoms with van der Waals surface area (Å²) in [5.41, 5.74) is 1.82. The first-order valence-electron chi connectivity index (χ1n) is 7.61. The lowest BCUT2D eigenvalue weighted by Gasteiger charge is -2.32. The molecule has 114 valence electrons. The molecule has 2 heterocycles. The molecule has 0 N–H and O–H groups in total. The van der Waals surface area contributed by atoms with E-state index in [0.29, 0.717) is 19.5 Å². The number of para-hydroxylation sites is 2. The molecule has 4 heteroatoms. The fraction of sp³-hybridized carbons (Fsp3) is 0.444. The van der Waals surface area contributed by atoms with Crippen molar-refractivity contribution in [1.82, 2.24) is 14.5 Å². The van der Waals surface area contributed by atoms with Gasteiger partial charge < -0.3 is 9.47 Å². The number of benzene rings is 1. The third kappa shape index (κ3) is 2.37. The number of nitrogens with zero attached hydrogens (tertiary/aromatic N) is 3. The van der Waals surface area contributed by atoms with Gasteiger partial charge in [0.1, 0.15) is 5.82 Å². The largest absolute Gasteiger partial charge is 0.337 e. The highest BCUT2D eigenvalue weighted by Crippen LogP contribution is 2.33. The van der Waals surface area contributed by atoms with Crippen molar-refractivity contribution in [2.24, 2.45) is 0 Å². The average molecular weight is 295 g/mol. The summed E-state index contributed by atoms with van der Waals surface area (Å²) in [6.07, 6.45) is 6.03. The van der Waals surface area contributed by atoms with Crippen LogP contribution in [0.3, 0.4) is 0 Å². The van der Waals surface area contributed by atoms with Gasteiger partial charge in [-0.15, -0.1) is 6.42 Å². The summed E-state index contributed by atoms with van der Waals surface area (Å²) >= 11 is 0. The monoisotopic (exact) mass is 295 g/mol. The minimum atomic E-state index is -0.158. The van der Waals surface area contributed by atoms with Crippen LogP contribution >= 0.6 is 0 Å². The zero-order chi connectivity index (χ0) is 15.9. The number of aromatic nitrogens is 2. The Labute approximate surface area is 131 Å². The molecule has 1 aliphatic rings. The Morgan fingerprint density at radius 3 is 2.73 bits per heavy atom. The molecular weight excluding hydrogens is 274 g/mol. The SMILES string of the molecule is C#CCn1c(C2CC(=O)N(C(C)(C)C)C2)nc2ccccc21. The number of carbonyl (C=O) groups excluding carboxylic acids is 1. The Kier molecular flexibility index (Phi) is 3.44. The summed E-state index contributed by atoms with van der Waals surface area (Å²) in [5, 5.41) is 0. The number of rotatable bonds is 2. The van der Waals surface area contributed by atoms with Gasteiger partial charge in [-0.2, -0.15) is 0 Å². The van der Waals surface area contributed by atoms with Crippen molar-refractivity contribution < 1.29 is 4.79 Å². The van der Waals surface area contributed by atoms with Crippen molar-refractivity contribution in [1.29, 1.82) is 0 Å². The molecule has 1 fully saturated rings. The quantitative estimate of drug-likeness (QED) is 0.799. The number of likely N-dealkylation sites (tertiary alicyclic amines) is 1. The van der Waals surface area contributed by atoms with Crippen LogP contribution in [-0.2, 0) is 11.3 Å². The molecule has 1 atom stereocenters. The molecule has 0 radical (unpaired) electrons. The summed E-state index contributed by atoms with van der Waals surface area (Å²) < 4.78 is 2.07. The zero-order valence-corrected chi connectivity index (χ0v) is 13.3. The predicted octanol–water partition coefficient (Wildman–Crippen LogP) is 2.78. The summed E-state index contributed by atoms with van der Waals surface area (Å²) in [7, 11) is 0. The lowest BCUT2D eigenvalue weighted by Crippen LogP contribution is -2.42. The number of imidazole rings is 1. The van der Waals surface area contributed by atoms with Crippen LogP contribution < -0.4 is 0 Å². The maximum Gasteiger partial charge on any atom is 0.223 e. The summed E-state index contributed by atoms with van der Waals surface area (Å²) in [6, 6.07) is 7.98. The number of hydrogen-bond donors (Lipinski definition) is 0. The maximum absolute atomic E-state index is 12.3. The highest BCUT2D eigenvalue weighted by atomic mass is 16.2. The average Bonchev–Trinajstić information content (AvgIpc) is 3.00. The molecule has 0 spiro atoms. The van der Waals surface area contributed by atoms with Crippen LogP contribution in [0.5, 0.6) is 0 Å². The second-order valence-electron chi connectivity index (χ2n) is 6.83. The van der Waals surface area contributed by atoms with E-state index >= 15 is 0 Å². The van der Waals surface area contributed by atoms with Gasteiger partial charge in [0.25, 0.3) is 0 Å². The van der Waals surface area contributed by atoms with E-state index in [4.69, 9.17) is 11.4 Å². The Balaban J connectivity index is 2.02. The van der Waals surface area contributed by atoms with Gasteiger partial charge in [-0.3, -0.25) is 4.79 Å². The molecule has 1 unspecified atom stereocenters. The maximum atomic E-state index is 12.3. The standard InChI is InChI=1S/C18H21N3O/c1-5-10-20-15-9-7-6-8-14(15)19-17(20)13-11-16(22)21(12-13)18(2,3)4/h1,6-9,13H,10-12H2,2-4H3. The van der Waals surface area contributed by atoms with Crippen LogP contribution in [-0.4, -0.2) is 32.4 Å². The molecule has 0 bridgehead atoms. The molecular formula is C18H21N3O. The number of fused-ring (bicyclic) bond motifs is 1. The van der Waals surface area contributed by atoms with Crippen molar-refractivity contribution in [2.45, 2.75) is 45.2 Å². The van der Waals surface area contributed by atoms with E-state index < -0.39 is 0 Å². The highest BCUT2D eigenvalue weighted by Gasteiger charge is 2.38. The molecule has 3 rings (SSSR count). The van der Waals surface area contributed by atoms with Gasteiger partial charge >= 0.3 is 0 Å². The second-order valence-corrected chi connectivity index (χ2v) is 6.83. The van der Waals surface area contributed by atoms with Crippen LogP contribution in [0.15, 0.2) is 24.3 Å². The number of carbonyl (C=O) groups is 1. The van der Waals surface area contributed by atoms with E-state index in [-0.39, 0.29) is 17.4 Å². The Bertz CT molecular complexity index is 761. The Hall–Kier alpha value is -2.28. The van der Waals surface area contributed by atoms with Crippen LogP contribution in [0.25, 0.3) is 11.0 Å². The second kappa shape index (κ2) is 5.17. The summed E-state index contributed by atoms with van der Waals surface area (Å²) in [5.74, 6) is 3.93. The Morgan fingerprint density at radius 2 is 2.09 bits per heavy atom. The molecule has 0 aliphatic carbocycles. The van der Waals surface area contributed by atoms with E-state index in [1.807, 2.05) is 29.2 Å². The van der Waals surface area contributed by atoms with E-state index in [9.17, 15) is 4.79 Å². The number of terminal acetylenes is 1. The van der Waals surface area contributed by atoms with Crippen molar-refractivity contribution >= 4 is 16.9 Å². The Morgan fingerprint density at radius 1 is 1.36 bits per heavy atom. The topological polar surface area (TPSA) is 38.1 Å². The van der Waals surface area contributed by atoms with Crippen molar-refractivity contribution in [3.05, 3.63) is 30.1 Å². The first-order valence-corrected chi connectivity index (χ1v) is 7.61. The molecule has 4 nitrogen and oxygen atoms in total. The van der Waals surface area contributed by atoms with Crippen molar-refractivity contribution in [2.75, 3.05) is 6.54 Å². The highest BCUT2D eigenvalue weighted by molar-refractivity contribution is 5.81. The van der Waals surface area contributed by atoms with Crippen LogP contribution in [0.1, 0.15) is 38.9 Å². The molecule has 1 aliphatic heterocycles.